The number of para-hydroxylation sites is 2. The summed E-state index contributed by atoms with van der Waals surface area (Å²) < 4.78 is 12.3. The maximum Gasteiger partial charge on any atom is 0.235 e. The summed E-state index contributed by atoms with van der Waals surface area (Å²) in [5.74, 6) is -4.06. The van der Waals surface area contributed by atoms with Crippen LogP contribution in [-0.2, 0) is 27.2 Å². The Morgan fingerprint density at radius 2 is 1.53 bits per heavy atom. The number of aryl methyl sites for hydroxylation is 2. The summed E-state index contributed by atoms with van der Waals surface area (Å²) in [6, 6.07) is 18.3. The molecule has 0 aliphatic heterocycles. The number of rotatable bonds is 12. The largest absolute Gasteiger partial charge is 0.493 e. The van der Waals surface area contributed by atoms with E-state index in [1.54, 1.807) is 18.2 Å². The van der Waals surface area contributed by atoms with Crippen LogP contribution in [0.25, 0.3) is 0 Å². The minimum absolute atomic E-state index is 0.360. The van der Waals surface area contributed by atoms with Gasteiger partial charge in [0.05, 0.1) is 29.7 Å². The van der Waals surface area contributed by atoms with Crippen molar-refractivity contribution in [2.45, 2.75) is 71.3 Å². The Kier molecular flexibility index (Phi) is 11.4. The molecule has 1 aliphatic rings. The molecule has 0 heterocycles. The first-order valence-corrected chi connectivity index (χ1v) is 16.4. The predicted octanol–water partition coefficient (Wildman–Crippen LogP) is 7.08. The number of hydrogen-bond acceptors (Lipinski definition) is 6. The second kappa shape index (κ2) is 15.1. The van der Waals surface area contributed by atoms with Gasteiger partial charge in [-0.15, -0.1) is 0 Å². The molecular formula is C36H43BrN2O6. The highest BCUT2D eigenvalue weighted by atomic mass is 79.9. The van der Waals surface area contributed by atoms with Crippen LogP contribution in [0, 0.1) is 11.8 Å². The zero-order valence-electron chi connectivity index (χ0n) is 26.6. The molecule has 0 bridgehead atoms. The molecule has 3 aromatic rings. The van der Waals surface area contributed by atoms with Crippen molar-refractivity contribution in [2.75, 3.05) is 24.4 Å². The van der Waals surface area contributed by atoms with Gasteiger partial charge in [0.25, 0.3) is 0 Å². The molecule has 1 saturated carbocycles. The number of carbonyl (C=O) groups excluding carboxylic acids is 3. The second-order valence-corrected chi connectivity index (χ2v) is 12.6. The lowest BCUT2D eigenvalue weighted by Crippen LogP contribution is -2.56. The number of anilines is 2. The molecule has 3 N–H and O–H groups in total. The fraction of sp³-hybridized carbons (Fsp3) is 0.417. The fourth-order valence-corrected chi connectivity index (χ4v) is 6.78. The Hall–Kier alpha value is -3.69. The molecule has 1 aliphatic carbocycles. The number of methoxy groups -OCH3 is 1. The molecule has 0 aromatic heterocycles. The van der Waals surface area contributed by atoms with E-state index < -0.39 is 41.0 Å². The third kappa shape index (κ3) is 7.59. The molecule has 2 amide bonds. The van der Waals surface area contributed by atoms with Crippen LogP contribution in [0.1, 0.15) is 69.6 Å². The van der Waals surface area contributed by atoms with Gasteiger partial charge in [-0.2, -0.15) is 0 Å². The second-order valence-electron chi connectivity index (χ2n) is 11.7. The van der Waals surface area contributed by atoms with E-state index in [1.807, 2.05) is 56.3 Å². The highest BCUT2D eigenvalue weighted by Gasteiger charge is 2.56. The van der Waals surface area contributed by atoms with E-state index >= 15 is 0 Å². The average molecular weight is 680 g/mol. The zero-order valence-corrected chi connectivity index (χ0v) is 28.2. The van der Waals surface area contributed by atoms with E-state index in [4.69, 9.17) is 9.47 Å². The van der Waals surface area contributed by atoms with Crippen LogP contribution in [-0.4, -0.2) is 42.0 Å². The van der Waals surface area contributed by atoms with Crippen molar-refractivity contribution in [1.29, 1.82) is 0 Å². The Labute approximate surface area is 274 Å². The Morgan fingerprint density at radius 3 is 2.09 bits per heavy atom. The topological polar surface area (TPSA) is 114 Å². The van der Waals surface area contributed by atoms with Crippen molar-refractivity contribution < 1.29 is 29.0 Å². The first kappa shape index (κ1) is 34.2. The molecule has 0 spiro atoms. The number of Topliss-reactive ketones (excluding diaryl/α,β-unsaturated/α-hetero) is 1. The van der Waals surface area contributed by atoms with E-state index in [9.17, 15) is 19.5 Å². The van der Waals surface area contributed by atoms with Gasteiger partial charge < -0.3 is 25.2 Å². The highest BCUT2D eigenvalue weighted by Crippen LogP contribution is 2.49. The van der Waals surface area contributed by atoms with Gasteiger partial charge in [-0.3, -0.25) is 14.4 Å². The van der Waals surface area contributed by atoms with Gasteiger partial charge in [-0.1, -0.05) is 63.6 Å². The SMILES string of the molecule is CCCCOc1c(Br)cc(C2C(C(=O)Nc3ccccc3CC)C(=O)CC(C)(O)C2C(=O)Nc2ccccc2CC)cc1OC. The summed E-state index contributed by atoms with van der Waals surface area (Å²) in [6.45, 7) is 8.01. The summed E-state index contributed by atoms with van der Waals surface area (Å²) in [7, 11) is 1.51. The monoisotopic (exact) mass is 678 g/mol. The Morgan fingerprint density at radius 1 is 0.956 bits per heavy atom. The number of ether oxygens (including phenoxy) is 2. The summed E-state index contributed by atoms with van der Waals surface area (Å²) >= 11 is 3.61. The van der Waals surface area contributed by atoms with E-state index in [0.717, 1.165) is 24.0 Å². The van der Waals surface area contributed by atoms with Gasteiger partial charge in [0.2, 0.25) is 11.8 Å². The maximum absolute atomic E-state index is 14.3. The minimum Gasteiger partial charge on any atom is -0.493 e. The third-order valence-electron chi connectivity index (χ3n) is 8.53. The Balaban J connectivity index is 1.86. The molecule has 1 fully saturated rings. The van der Waals surface area contributed by atoms with Crippen LogP contribution >= 0.6 is 15.9 Å². The van der Waals surface area contributed by atoms with E-state index in [2.05, 4.69) is 33.5 Å². The number of hydrogen-bond donors (Lipinski definition) is 3. The molecule has 240 valence electrons. The maximum atomic E-state index is 14.3. The molecule has 3 aromatic carbocycles. The number of ketones is 1. The number of aliphatic hydroxyl groups is 1. The Bertz CT molecular complexity index is 1540. The van der Waals surface area contributed by atoms with Crippen molar-refractivity contribution in [2.24, 2.45) is 11.8 Å². The van der Waals surface area contributed by atoms with Crippen molar-refractivity contribution in [3.8, 4) is 11.5 Å². The quantitative estimate of drug-likeness (QED) is 0.139. The lowest BCUT2D eigenvalue weighted by Gasteiger charge is -2.44. The van der Waals surface area contributed by atoms with Crippen molar-refractivity contribution >= 4 is 44.9 Å². The molecule has 45 heavy (non-hydrogen) atoms. The number of nitrogens with one attached hydrogen (secondary N) is 2. The van der Waals surface area contributed by atoms with E-state index in [0.29, 0.717) is 52.4 Å². The summed E-state index contributed by atoms with van der Waals surface area (Å²) in [6.07, 6.45) is 2.80. The van der Waals surface area contributed by atoms with Gasteiger partial charge in [0, 0.05) is 23.7 Å². The first-order valence-electron chi connectivity index (χ1n) is 15.6. The van der Waals surface area contributed by atoms with Gasteiger partial charge >= 0.3 is 0 Å². The van der Waals surface area contributed by atoms with E-state index in [1.165, 1.54) is 14.0 Å². The van der Waals surface area contributed by atoms with Crippen LogP contribution in [0.5, 0.6) is 11.5 Å². The minimum atomic E-state index is -1.75. The number of carbonyl (C=O) groups is 3. The van der Waals surface area contributed by atoms with Crippen LogP contribution < -0.4 is 20.1 Å². The molecule has 0 saturated heterocycles. The lowest BCUT2D eigenvalue weighted by molar-refractivity contribution is -0.150. The molecular weight excluding hydrogens is 636 g/mol. The number of unbranched alkanes of at least 4 members (excludes halogenated alkanes) is 1. The molecule has 9 heteroatoms. The zero-order chi connectivity index (χ0) is 32.7. The van der Waals surface area contributed by atoms with E-state index in [-0.39, 0.29) is 6.42 Å². The first-order chi connectivity index (χ1) is 21.6. The fourth-order valence-electron chi connectivity index (χ4n) is 6.20. The molecule has 0 radical (unpaired) electrons. The van der Waals surface area contributed by atoms with Crippen molar-refractivity contribution in [3.63, 3.8) is 0 Å². The smallest absolute Gasteiger partial charge is 0.235 e. The summed E-state index contributed by atoms with van der Waals surface area (Å²) in [5, 5.41) is 17.8. The normalized spacial score (nSPS) is 21.2. The predicted molar refractivity (Wildman–Crippen MR) is 180 cm³/mol. The van der Waals surface area contributed by atoms with Crippen LogP contribution in [0.4, 0.5) is 11.4 Å². The molecule has 4 atom stereocenters. The molecule has 4 unspecified atom stereocenters. The summed E-state index contributed by atoms with van der Waals surface area (Å²) in [4.78, 5) is 42.3. The van der Waals surface area contributed by atoms with Crippen LogP contribution in [0.2, 0.25) is 0 Å². The van der Waals surface area contributed by atoms with Crippen molar-refractivity contribution in [1.82, 2.24) is 0 Å². The molecule has 8 nitrogen and oxygen atoms in total. The third-order valence-corrected chi connectivity index (χ3v) is 9.11. The summed E-state index contributed by atoms with van der Waals surface area (Å²) in [5.41, 5.74) is 1.81. The van der Waals surface area contributed by atoms with Gasteiger partial charge in [-0.05, 0) is 83.1 Å². The highest BCUT2D eigenvalue weighted by molar-refractivity contribution is 9.10. The molecule has 4 rings (SSSR count). The lowest BCUT2D eigenvalue weighted by atomic mass is 9.61. The standard InChI is InChI=1S/C36H43BrN2O6/c1-6-9-18-45-33-25(37)19-24(20-29(33)44-5)30-31(34(41)38-26-16-12-10-14-22(26)7-2)28(40)21-36(4,43)32(30)35(42)39-27-17-13-11-15-23(27)8-3/h10-17,19-20,30-32,43H,6-9,18,21H2,1-5H3,(H,38,41)(H,39,42). The van der Waals surface area contributed by atoms with Crippen LogP contribution in [0.15, 0.2) is 65.1 Å². The number of amides is 2. The number of halogens is 1. The van der Waals surface area contributed by atoms with Crippen LogP contribution in [0.3, 0.4) is 0 Å². The van der Waals surface area contributed by atoms with Crippen molar-refractivity contribution in [3.05, 3.63) is 81.8 Å². The van der Waals surface area contributed by atoms with Gasteiger partial charge in [0.1, 0.15) is 11.7 Å². The van der Waals surface area contributed by atoms with Gasteiger partial charge in [0.15, 0.2) is 11.5 Å². The van der Waals surface area contributed by atoms with Gasteiger partial charge in [-0.25, -0.2) is 0 Å². The number of benzene rings is 3. The average Bonchev–Trinajstić information content (AvgIpc) is 3.01.